The number of anilines is 1. The molecule has 1 aromatic rings. The summed E-state index contributed by atoms with van der Waals surface area (Å²) in [5.41, 5.74) is 1.37. The molecule has 0 aliphatic carbocycles. The highest BCUT2D eigenvalue weighted by Crippen LogP contribution is 2.31. The molecule has 0 aromatic heterocycles. The van der Waals surface area contributed by atoms with Crippen LogP contribution in [0.3, 0.4) is 0 Å². The Kier molecular flexibility index (Phi) is 8.42. The van der Waals surface area contributed by atoms with E-state index in [1.54, 1.807) is 37.1 Å². The minimum atomic E-state index is -0.639. The van der Waals surface area contributed by atoms with Crippen LogP contribution in [0.4, 0.5) is 5.69 Å². The fourth-order valence-corrected chi connectivity index (χ4v) is 5.16. The molecule has 0 unspecified atom stereocenters. The number of hydrogen-bond donors (Lipinski definition) is 5. The Hall–Kier alpha value is -3.47. The molecule has 3 saturated heterocycles. The second-order valence-electron chi connectivity index (χ2n) is 10.1. The van der Waals surface area contributed by atoms with Gasteiger partial charge in [-0.25, -0.2) is 0 Å². The predicted octanol–water partition coefficient (Wildman–Crippen LogP) is 0.156. The number of amides is 5. The number of rotatable bonds is 8. The molecule has 1 aromatic carbocycles. The molecule has 200 valence electrons. The molecule has 37 heavy (non-hydrogen) atoms. The van der Waals surface area contributed by atoms with E-state index in [1.165, 1.54) is 0 Å². The van der Waals surface area contributed by atoms with Crippen LogP contribution in [-0.2, 0) is 30.5 Å². The van der Waals surface area contributed by atoms with Crippen LogP contribution in [0.15, 0.2) is 24.3 Å². The van der Waals surface area contributed by atoms with Crippen molar-refractivity contribution in [2.75, 3.05) is 12.4 Å². The van der Waals surface area contributed by atoms with Gasteiger partial charge in [-0.1, -0.05) is 25.0 Å². The summed E-state index contributed by atoms with van der Waals surface area (Å²) in [5.74, 6) is -1.07. The smallest absolute Gasteiger partial charge is 0.247 e. The van der Waals surface area contributed by atoms with Gasteiger partial charge in [0, 0.05) is 18.3 Å². The van der Waals surface area contributed by atoms with Gasteiger partial charge in [0.25, 0.3) is 0 Å². The normalized spacial score (nSPS) is 26.1. The average molecular weight is 513 g/mol. The second kappa shape index (κ2) is 11.7. The molecule has 0 spiro atoms. The molecular formula is C26H36N6O5. The van der Waals surface area contributed by atoms with Crippen molar-refractivity contribution in [2.45, 2.75) is 88.6 Å². The zero-order chi connectivity index (χ0) is 26.5. The van der Waals surface area contributed by atoms with Gasteiger partial charge in [0.2, 0.25) is 29.5 Å². The summed E-state index contributed by atoms with van der Waals surface area (Å²) in [4.78, 5) is 64.1. The maximum Gasteiger partial charge on any atom is 0.247 e. The lowest BCUT2D eigenvalue weighted by Crippen LogP contribution is -2.57. The Bertz CT molecular complexity index is 1050. The molecular weight excluding hydrogens is 476 g/mol. The molecule has 5 atom stereocenters. The van der Waals surface area contributed by atoms with Crippen LogP contribution in [0.2, 0.25) is 0 Å². The fourth-order valence-electron chi connectivity index (χ4n) is 5.16. The molecule has 0 bridgehead atoms. The molecule has 3 aliphatic heterocycles. The number of hydrogen-bond acceptors (Lipinski definition) is 6. The quantitative estimate of drug-likeness (QED) is 0.313. The van der Waals surface area contributed by atoms with Crippen LogP contribution < -0.4 is 26.6 Å². The Morgan fingerprint density at radius 2 is 1.84 bits per heavy atom. The van der Waals surface area contributed by atoms with E-state index < -0.39 is 24.2 Å². The Morgan fingerprint density at radius 3 is 2.57 bits per heavy atom. The van der Waals surface area contributed by atoms with Crippen molar-refractivity contribution in [3.05, 3.63) is 29.8 Å². The zero-order valence-corrected chi connectivity index (χ0v) is 21.3. The molecule has 4 rings (SSSR count). The highest BCUT2D eigenvalue weighted by Gasteiger charge is 2.44. The Labute approximate surface area is 216 Å². The van der Waals surface area contributed by atoms with Gasteiger partial charge in [0.15, 0.2) is 0 Å². The second-order valence-corrected chi connectivity index (χ2v) is 10.1. The number of nitrogens with zero attached hydrogens (tertiary/aromatic N) is 1. The van der Waals surface area contributed by atoms with E-state index in [-0.39, 0.29) is 48.5 Å². The lowest BCUT2D eigenvalue weighted by atomic mass is 9.98. The van der Waals surface area contributed by atoms with Crippen LogP contribution in [0.5, 0.6) is 0 Å². The van der Waals surface area contributed by atoms with Crippen LogP contribution in [0, 0.1) is 0 Å². The molecule has 3 aliphatic rings. The van der Waals surface area contributed by atoms with Gasteiger partial charge in [0.1, 0.15) is 18.1 Å². The number of benzene rings is 1. The van der Waals surface area contributed by atoms with Crippen molar-refractivity contribution in [1.82, 2.24) is 26.2 Å². The van der Waals surface area contributed by atoms with Gasteiger partial charge in [-0.15, -0.1) is 0 Å². The van der Waals surface area contributed by atoms with Gasteiger partial charge in [-0.2, -0.15) is 0 Å². The third-order valence-electron chi connectivity index (χ3n) is 7.48. The minimum Gasteiger partial charge on any atom is -0.350 e. The lowest BCUT2D eigenvalue weighted by Gasteiger charge is -2.35. The van der Waals surface area contributed by atoms with E-state index in [4.69, 9.17) is 0 Å². The minimum absolute atomic E-state index is 0.00443. The van der Waals surface area contributed by atoms with E-state index in [0.29, 0.717) is 18.5 Å². The van der Waals surface area contributed by atoms with E-state index in [9.17, 15) is 24.0 Å². The summed E-state index contributed by atoms with van der Waals surface area (Å²) in [6, 6.07) is 4.98. The van der Waals surface area contributed by atoms with Crippen LogP contribution in [-0.4, -0.2) is 71.7 Å². The van der Waals surface area contributed by atoms with Gasteiger partial charge in [-0.05, 0) is 57.4 Å². The summed E-state index contributed by atoms with van der Waals surface area (Å²) in [5, 5.41) is 14.0. The van der Waals surface area contributed by atoms with Crippen LogP contribution in [0.1, 0.15) is 57.4 Å². The van der Waals surface area contributed by atoms with Crippen LogP contribution in [0.25, 0.3) is 0 Å². The fraction of sp³-hybridized carbons (Fsp3) is 0.577. The number of β-lactam (4-membered cyclic amide) rings is 1. The first-order valence-electron chi connectivity index (χ1n) is 13.0. The van der Waals surface area contributed by atoms with Crippen molar-refractivity contribution in [3.63, 3.8) is 0 Å². The highest BCUT2D eigenvalue weighted by molar-refractivity contribution is 6.03. The van der Waals surface area contributed by atoms with Gasteiger partial charge in [0.05, 0.1) is 12.5 Å². The van der Waals surface area contributed by atoms with Gasteiger partial charge < -0.3 is 31.5 Å². The summed E-state index contributed by atoms with van der Waals surface area (Å²) in [6.45, 7) is 1.98. The Morgan fingerprint density at radius 1 is 1.08 bits per heavy atom. The number of carbonyl (C=O) groups is 5. The van der Waals surface area contributed by atoms with E-state index in [1.807, 2.05) is 6.07 Å². The summed E-state index contributed by atoms with van der Waals surface area (Å²) in [6.07, 6.45) is 4.73. The third kappa shape index (κ3) is 6.27. The number of carbonyl (C=O) groups excluding carboxylic acids is 5. The van der Waals surface area contributed by atoms with Crippen molar-refractivity contribution >= 4 is 35.2 Å². The summed E-state index contributed by atoms with van der Waals surface area (Å²) >= 11 is 0. The van der Waals surface area contributed by atoms with Crippen molar-refractivity contribution < 1.29 is 24.0 Å². The van der Waals surface area contributed by atoms with E-state index >= 15 is 0 Å². The largest absolute Gasteiger partial charge is 0.350 e. The number of nitrogens with one attached hydrogen (secondary N) is 5. The summed E-state index contributed by atoms with van der Waals surface area (Å²) < 4.78 is 0. The highest BCUT2D eigenvalue weighted by atomic mass is 16.2. The molecule has 11 heteroatoms. The topological polar surface area (TPSA) is 149 Å². The standard InChI is InChI=1S/C26H36N6O5/c1-15(27-2)23(34)31-19-9-4-3-8-18-10-11-21(32(18)26(19)37)25(36)28-14-16-6-5-7-17(12-16)29-24(35)20-13-22(33)30-20/h5-7,12,15,18-21,27H,3-4,8-11,13-14H2,1-2H3,(H,28,36)(H,29,35)(H,30,33)(H,31,34)/t15-,18-,19-,20+,21-/m0/s1. The van der Waals surface area contributed by atoms with Gasteiger partial charge >= 0.3 is 0 Å². The number of fused-ring (bicyclic) bond motifs is 1. The van der Waals surface area contributed by atoms with Crippen LogP contribution >= 0.6 is 0 Å². The summed E-state index contributed by atoms with van der Waals surface area (Å²) in [7, 11) is 1.69. The molecule has 5 N–H and O–H groups in total. The first kappa shape index (κ1) is 26.6. The average Bonchev–Trinajstić information content (AvgIpc) is 3.28. The number of likely N-dealkylation sites (N-methyl/N-ethyl adjacent to an activating group) is 1. The monoisotopic (exact) mass is 512 g/mol. The maximum atomic E-state index is 13.5. The molecule has 3 fully saturated rings. The maximum absolute atomic E-state index is 13.5. The molecule has 3 heterocycles. The SMILES string of the molecule is CN[C@@H](C)C(=O)N[C@H]1CCCC[C@H]2CC[C@@H](C(=O)NCc3cccc(NC(=O)[C@H]4CC(=O)N4)c3)N2C1=O. The first-order valence-corrected chi connectivity index (χ1v) is 13.0. The molecule has 0 saturated carbocycles. The van der Waals surface area contributed by atoms with E-state index in [2.05, 4.69) is 26.6 Å². The molecule has 0 radical (unpaired) electrons. The first-order chi connectivity index (χ1) is 17.8. The van der Waals surface area contributed by atoms with E-state index in [0.717, 1.165) is 31.2 Å². The third-order valence-corrected chi connectivity index (χ3v) is 7.48. The van der Waals surface area contributed by atoms with Crippen molar-refractivity contribution in [3.8, 4) is 0 Å². The zero-order valence-electron chi connectivity index (χ0n) is 21.3. The van der Waals surface area contributed by atoms with Gasteiger partial charge in [-0.3, -0.25) is 24.0 Å². The Balaban J connectivity index is 1.37. The lowest BCUT2D eigenvalue weighted by molar-refractivity contribution is -0.144. The van der Waals surface area contributed by atoms with Crippen molar-refractivity contribution in [1.29, 1.82) is 0 Å². The molecule has 11 nitrogen and oxygen atoms in total. The van der Waals surface area contributed by atoms with Crippen molar-refractivity contribution in [2.24, 2.45) is 0 Å². The molecule has 5 amide bonds. The predicted molar refractivity (Wildman–Crippen MR) is 136 cm³/mol.